The van der Waals surface area contributed by atoms with E-state index in [4.69, 9.17) is 16.3 Å². The van der Waals surface area contributed by atoms with Gasteiger partial charge >= 0.3 is 0 Å². The third-order valence-corrected chi connectivity index (χ3v) is 6.04. The van der Waals surface area contributed by atoms with E-state index in [9.17, 15) is 8.42 Å². The Morgan fingerprint density at radius 3 is 2.95 bits per heavy atom. The van der Waals surface area contributed by atoms with Crippen LogP contribution in [0, 0.1) is 0 Å². The maximum absolute atomic E-state index is 12.3. The quantitative estimate of drug-likeness (QED) is 0.800. The van der Waals surface area contributed by atoms with Crippen LogP contribution in [-0.4, -0.2) is 45.9 Å². The molecule has 0 aliphatic carbocycles. The lowest BCUT2D eigenvalue weighted by atomic mass is 10.1. The summed E-state index contributed by atoms with van der Waals surface area (Å²) in [5.74, 6) is 0.118. The van der Waals surface area contributed by atoms with Gasteiger partial charge < -0.3 is 4.74 Å². The van der Waals surface area contributed by atoms with Gasteiger partial charge in [0.05, 0.1) is 29.9 Å². The van der Waals surface area contributed by atoms with Crippen molar-refractivity contribution in [1.82, 2.24) is 4.90 Å². The zero-order valence-corrected chi connectivity index (χ0v) is 13.5. The van der Waals surface area contributed by atoms with Crippen molar-refractivity contribution >= 4 is 21.4 Å². The molecular formula is C15H18ClNO3S. The minimum absolute atomic E-state index is 0.118. The van der Waals surface area contributed by atoms with E-state index in [-0.39, 0.29) is 11.8 Å². The lowest BCUT2D eigenvalue weighted by Crippen LogP contribution is -2.29. The van der Waals surface area contributed by atoms with Crippen LogP contribution in [0.4, 0.5) is 0 Å². The first-order chi connectivity index (χ1) is 9.97. The summed E-state index contributed by atoms with van der Waals surface area (Å²) in [5, 5.41) is 0.574. The first-order valence-electron chi connectivity index (χ1n) is 6.95. The van der Waals surface area contributed by atoms with Gasteiger partial charge in [0.1, 0.15) is 0 Å². The Hall–Kier alpha value is -0.880. The lowest BCUT2D eigenvalue weighted by Gasteiger charge is -2.26. The van der Waals surface area contributed by atoms with Gasteiger partial charge in [-0.3, -0.25) is 4.90 Å². The summed E-state index contributed by atoms with van der Waals surface area (Å²) in [6.07, 6.45) is 3.11. The molecule has 0 bridgehead atoms. The van der Waals surface area contributed by atoms with Crippen LogP contribution in [0.5, 0.6) is 0 Å². The fourth-order valence-electron chi connectivity index (χ4n) is 2.96. The van der Waals surface area contributed by atoms with E-state index >= 15 is 0 Å². The zero-order chi connectivity index (χ0) is 15.0. The number of hydrogen-bond donors (Lipinski definition) is 0. The summed E-state index contributed by atoms with van der Waals surface area (Å²) in [6.45, 7) is 2.11. The van der Waals surface area contributed by atoms with Crippen molar-refractivity contribution in [2.45, 2.75) is 17.4 Å². The molecule has 1 aromatic rings. The van der Waals surface area contributed by atoms with Gasteiger partial charge in [-0.1, -0.05) is 17.7 Å². The Labute approximate surface area is 130 Å². The second-order valence-electron chi connectivity index (χ2n) is 5.60. The van der Waals surface area contributed by atoms with Crippen molar-refractivity contribution in [1.29, 1.82) is 0 Å². The van der Waals surface area contributed by atoms with Crippen LogP contribution in [0.15, 0.2) is 34.7 Å². The summed E-state index contributed by atoms with van der Waals surface area (Å²) in [5.41, 5.74) is 2.01. The summed E-state index contributed by atoms with van der Waals surface area (Å²) in [4.78, 5) is 2.48. The average Bonchev–Trinajstić information content (AvgIpc) is 2.71. The largest absolute Gasteiger partial charge is 0.377 e. The van der Waals surface area contributed by atoms with E-state index in [1.54, 1.807) is 18.2 Å². The van der Waals surface area contributed by atoms with Gasteiger partial charge in [0, 0.05) is 11.6 Å². The van der Waals surface area contributed by atoms with Crippen LogP contribution in [0.2, 0.25) is 5.02 Å². The molecule has 2 heterocycles. The fraction of sp³-hybridized carbons (Fsp3) is 0.467. The summed E-state index contributed by atoms with van der Waals surface area (Å²) >= 11 is 6.03. The van der Waals surface area contributed by atoms with Crippen LogP contribution < -0.4 is 0 Å². The molecule has 21 heavy (non-hydrogen) atoms. The van der Waals surface area contributed by atoms with Gasteiger partial charge in [-0.2, -0.15) is 0 Å². The predicted molar refractivity (Wildman–Crippen MR) is 82.4 cm³/mol. The first kappa shape index (κ1) is 15.0. The van der Waals surface area contributed by atoms with E-state index in [2.05, 4.69) is 11.0 Å². The fourth-order valence-corrected chi connectivity index (χ4v) is 5.00. The van der Waals surface area contributed by atoms with Crippen LogP contribution in [0.3, 0.4) is 0 Å². The molecule has 0 amide bonds. The van der Waals surface area contributed by atoms with E-state index in [1.807, 2.05) is 7.05 Å². The molecule has 114 valence electrons. The highest BCUT2D eigenvalue weighted by Gasteiger charge is 2.37. The minimum atomic E-state index is -3.21. The van der Waals surface area contributed by atoms with Crippen molar-refractivity contribution < 1.29 is 13.2 Å². The molecule has 4 nitrogen and oxygen atoms in total. The normalized spacial score (nSPS) is 24.0. The van der Waals surface area contributed by atoms with Crippen LogP contribution >= 0.6 is 11.6 Å². The maximum Gasteiger partial charge on any atom is 0.180 e. The van der Waals surface area contributed by atoms with Gasteiger partial charge in [0.25, 0.3) is 0 Å². The third-order valence-electron chi connectivity index (χ3n) is 4.01. The van der Waals surface area contributed by atoms with E-state index < -0.39 is 9.84 Å². The Morgan fingerprint density at radius 1 is 1.43 bits per heavy atom. The molecule has 0 radical (unpaired) electrons. The van der Waals surface area contributed by atoms with Crippen molar-refractivity contribution in [2.75, 3.05) is 32.6 Å². The number of rotatable bonds is 3. The topological polar surface area (TPSA) is 46.6 Å². The average molecular weight is 328 g/mol. The third kappa shape index (κ3) is 3.01. The van der Waals surface area contributed by atoms with Crippen molar-refractivity contribution in [3.05, 3.63) is 40.4 Å². The predicted octanol–water partition coefficient (Wildman–Crippen LogP) is 2.45. The highest BCUT2D eigenvalue weighted by atomic mass is 35.5. The van der Waals surface area contributed by atoms with Crippen molar-refractivity contribution in [3.8, 4) is 0 Å². The van der Waals surface area contributed by atoms with Gasteiger partial charge in [0.2, 0.25) is 0 Å². The van der Waals surface area contributed by atoms with Gasteiger partial charge in [-0.15, -0.1) is 0 Å². The number of ether oxygens (including phenoxy) is 1. The molecule has 3 rings (SSSR count). The van der Waals surface area contributed by atoms with Crippen molar-refractivity contribution in [2.24, 2.45) is 0 Å². The van der Waals surface area contributed by atoms with E-state index in [0.717, 1.165) is 18.6 Å². The molecular weight excluding hydrogens is 310 g/mol. The number of likely N-dealkylation sites (N-methyl/N-ethyl adjacent to an activating group) is 1. The van der Waals surface area contributed by atoms with Gasteiger partial charge in [-0.05, 0) is 42.8 Å². The van der Waals surface area contributed by atoms with Crippen LogP contribution in [-0.2, 0) is 14.6 Å². The molecule has 0 fully saturated rings. The van der Waals surface area contributed by atoms with Crippen molar-refractivity contribution in [3.63, 3.8) is 0 Å². The molecule has 0 spiro atoms. The second kappa shape index (κ2) is 5.72. The SMILES string of the molecule is CN(CC1=CCCOC1)C1CS(=O)(=O)c2ccc(Cl)cc21. The number of sulfone groups is 1. The summed E-state index contributed by atoms with van der Waals surface area (Å²) in [7, 11) is -1.26. The Kier molecular flexibility index (Phi) is 4.10. The number of fused-ring (bicyclic) bond motifs is 1. The molecule has 2 aliphatic heterocycles. The maximum atomic E-state index is 12.3. The van der Waals surface area contributed by atoms with Gasteiger partial charge in [-0.25, -0.2) is 8.42 Å². The molecule has 6 heteroatoms. The molecule has 2 aliphatic rings. The highest BCUT2D eigenvalue weighted by Crippen LogP contribution is 2.38. The molecule has 0 aromatic heterocycles. The molecule has 0 N–H and O–H groups in total. The van der Waals surface area contributed by atoms with E-state index in [0.29, 0.717) is 23.1 Å². The smallest absolute Gasteiger partial charge is 0.180 e. The Bertz CT molecular complexity index is 684. The monoisotopic (exact) mass is 327 g/mol. The molecule has 1 aromatic carbocycles. The standard InChI is InChI=1S/C15H18ClNO3S/c1-17(8-11-3-2-6-20-9-11)14-10-21(18,19)15-5-4-12(16)7-13(14)15/h3-5,7,14H,2,6,8-10H2,1H3. The molecule has 0 saturated carbocycles. The minimum Gasteiger partial charge on any atom is -0.377 e. The highest BCUT2D eigenvalue weighted by molar-refractivity contribution is 7.91. The number of nitrogens with zero attached hydrogens (tertiary/aromatic N) is 1. The Balaban J connectivity index is 1.87. The summed E-state index contributed by atoms with van der Waals surface area (Å²) < 4.78 is 30.0. The second-order valence-corrected chi connectivity index (χ2v) is 8.04. The zero-order valence-electron chi connectivity index (χ0n) is 11.9. The molecule has 1 atom stereocenters. The number of halogens is 1. The summed E-state index contributed by atoms with van der Waals surface area (Å²) in [6, 6.07) is 4.88. The van der Waals surface area contributed by atoms with E-state index in [1.165, 1.54) is 5.57 Å². The van der Waals surface area contributed by atoms with Crippen LogP contribution in [0.25, 0.3) is 0 Å². The lowest BCUT2D eigenvalue weighted by molar-refractivity contribution is 0.141. The number of benzene rings is 1. The molecule has 0 saturated heterocycles. The molecule has 1 unspecified atom stereocenters. The van der Waals surface area contributed by atoms with Gasteiger partial charge in [0.15, 0.2) is 9.84 Å². The Morgan fingerprint density at radius 2 is 2.24 bits per heavy atom. The number of hydrogen-bond acceptors (Lipinski definition) is 4. The van der Waals surface area contributed by atoms with Crippen LogP contribution in [0.1, 0.15) is 18.0 Å². The first-order valence-corrected chi connectivity index (χ1v) is 8.98.